The normalized spacial score (nSPS) is 14.5. The number of unbranched alkanes of at least 4 members (excludes halogenated alkanes) is 9. The third-order valence-electron chi connectivity index (χ3n) is 11.4. The Kier molecular flexibility index (Phi) is 54.6. The number of aliphatic hydroxyl groups is 1. The monoisotopic (exact) mass is 1100 g/mol. The average Bonchev–Trinajstić information content (AvgIpc) is 3.43. The Labute approximate surface area is 473 Å². The molecule has 0 aliphatic rings. The van der Waals surface area contributed by atoms with Crippen LogP contribution in [0.2, 0.25) is 0 Å². The third-order valence-corrected chi connectivity index (χ3v) is 12.4. The number of allylic oxidation sites excluding steroid dienone is 26. The number of ether oxygens (including phenoxy) is 3. The minimum absolute atomic E-state index is 0.0706. The highest BCUT2D eigenvalue weighted by Crippen LogP contribution is 2.43. The maximum absolute atomic E-state index is 12.9. The molecule has 0 aliphatic heterocycles. The van der Waals surface area contributed by atoms with Crippen molar-refractivity contribution in [2.45, 2.75) is 213 Å². The van der Waals surface area contributed by atoms with Gasteiger partial charge in [0.25, 0.3) is 0 Å². The standard InChI is InChI=1S/C66H103O11P/c1-4-7-10-13-16-19-22-25-28-30-31-33-35-37-40-43-46-49-52-55-64(68)73-59-63(77-66(70)57-54-51-48-45-42-39-36-32-29-26-23-20-17-14-11-8-5-2)61-75-78(71,72)74-60-62(58-67)76-65(69)56-53-50-47-44-41-38-34-27-24-21-18-15-12-9-6-3/h7-12,16-21,25-29,31,33-34,36-37,39-40,45,48,62-63,67H,4-6,13-15,22-24,30,32,35,38,41-44,46-47,49-61H2,1-3H3,(H,71,72)/b10-7-,11-8-,12-9-,19-16-,20-17-,21-18-,28-25-,29-26-,33-31-,34-27-,39-36-,40-37-,48-45-. The van der Waals surface area contributed by atoms with Crippen molar-refractivity contribution in [2.75, 3.05) is 26.4 Å². The quantitative estimate of drug-likeness (QED) is 0.0197. The van der Waals surface area contributed by atoms with Crippen LogP contribution in [0.3, 0.4) is 0 Å². The summed E-state index contributed by atoms with van der Waals surface area (Å²) in [6, 6.07) is 0. The van der Waals surface area contributed by atoms with Crippen LogP contribution in [-0.4, -0.2) is 66.5 Å². The fourth-order valence-corrected chi connectivity index (χ4v) is 7.86. The van der Waals surface area contributed by atoms with Gasteiger partial charge in [0.05, 0.1) is 19.8 Å². The number of aliphatic hydroxyl groups excluding tert-OH is 1. The van der Waals surface area contributed by atoms with E-state index in [1.54, 1.807) is 0 Å². The van der Waals surface area contributed by atoms with Gasteiger partial charge in [0.1, 0.15) is 12.7 Å². The summed E-state index contributed by atoms with van der Waals surface area (Å²) in [6.45, 7) is 4.16. The molecule has 0 radical (unpaired) electrons. The number of phosphoric ester groups is 1. The zero-order valence-electron chi connectivity index (χ0n) is 48.3. The number of carbonyl (C=O) groups excluding carboxylic acids is 3. The van der Waals surface area contributed by atoms with Crippen molar-refractivity contribution in [1.82, 2.24) is 0 Å². The van der Waals surface area contributed by atoms with Gasteiger partial charge in [0, 0.05) is 19.3 Å². The fraction of sp³-hybridized carbons (Fsp3) is 0.561. The number of carbonyl (C=O) groups is 3. The summed E-state index contributed by atoms with van der Waals surface area (Å²) in [5.41, 5.74) is 0. The predicted octanol–water partition coefficient (Wildman–Crippen LogP) is 17.7. The molecule has 0 spiro atoms. The lowest BCUT2D eigenvalue weighted by Crippen LogP contribution is -2.30. The molecule has 0 saturated carbocycles. The lowest BCUT2D eigenvalue weighted by molar-refractivity contribution is -0.161. The van der Waals surface area contributed by atoms with Gasteiger partial charge in [-0.25, -0.2) is 4.57 Å². The molecular formula is C66H103O11P. The maximum atomic E-state index is 12.9. The minimum atomic E-state index is -4.79. The van der Waals surface area contributed by atoms with Crippen molar-refractivity contribution in [1.29, 1.82) is 0 Å². The van der Waals surface area contributed by atoms with Gasteiger partial charge in [0.15, 0.2) is 6.10 Å². The molecule has 0 bridgehead atoms. The average molecular weight is 1100 g/mol. The molecule has 2 N–H and O–H groups in total. The molecule has 0 aromatic heterocycles. The van der Waals surface area contributed by atoms with E-state index >= 15 is 0 Å². The Morgan fingerprint density at radius 3 is 1.03 bits per heavy atom. The van der Waals surface area contributed by atoms with E-state index < -0.39 is 57.8 Å². The van der Waals surface area contributed by atoms with E-state index in [9.17, 15) is 28.9 Å². The van der Waals surface area contributed by atoms with E-state index in [-0.39, 0.29) is 25.9 Å². The van der Waals surface area contributed by atoms with Gasteiger partial charge in [-0.3, -0.25) is 23.4 Å². The molecule has 0 aromatic rings. The van der Waals surface area contributed by atoms with Crippen molar-refractivity contribution in [3.63, 3.8) is 0 Å². The fourth-order valence-electron chi connectivity index (χ4n) is 7.08. The number of hydrogen-bond acceptors (Lipinski definition) is 10. The summed E-state index contributed by atoms with van der Waals surface area (Å²) in [5, 5.41) is 9.82. The van der Waals surface area contributed by atoms with Crippen LogP contribution < -0.4 is 0 Å². The van der Waals surface area contributed by atoms with E-state index in [4.69, 9.17) is 23.3 Å². The van der Waals surface area contributed by atoms with Crippen LogP contribution in [0.25, 0.3) is 0 Å². The summed E-state index contributed by atoms with van der Waals surface area (Å²) in [6.07, 6.45) is 76.4. The molecule has 438 valence electrons. The minimum Gasteiger partial charge on any atom is -0.462 e. The van der Waals surface area contributed by atoms with Gasteiger partial charge >= 0.3 is 25.7 Å². The second-order valence-corrected chi connectivity index (χ2v) is 20.1. The molecule has 11 nitrogen and oxygen atoms in total. The number of hydrogen-bond donors (Lipinski definition) is 2. The summed E-state index contributed by atoms with van der Waals surface area (Å²) < 4.78 is 39.4. The highest BCUT2D eigenvalue weighted by molar-refractivity contribution is 7.47. The second kappa shape index (κ2) is 58.3. The largest absolute Gasteiger partial charge is 0.472 e. The first-order valence-corrected chi connectivity index (χ1v) is 30.9. The Hall–Kier alpha value is -4.90. The van der Waals surface area contributed by atoms with Crippen LogP contribution in [0.4, 0.5) is 0 Å². The van der Waals surface area contributed by atoms with E-state index in [2.05, 4.69) is 167 Å². The van der Waals surface area contributed by atoms with Gasteiger partial charge in [-0.15, -0.1) is 0 Å². The van der Waals surface area contributed by atoms with E-state index in [1.807, 2.05) is 12.2 Å². The molecule has 0 saturated heterocycles. The van der Waals surface area contributed by atoms with Crippen molar-refractivity contribution in [3.8, 4) is 0 Å². The zero-order chi connectivity index (χ0) is 56.9. The molecule has 0 aliphatic carbocycles. The molecule has 3 atom stereocenters. The molecule has 12 heteroatoms. The van der Waals surface area contributed by atoms with Crippen molar-refractivity contribution < 1.29 is 52.2 Å². The Balaban J connectivity index is 4.91. The van der Waals surface area contributed by atoms with Gasteiger partial charge in [0.2, 0.25) is 0 Å². The first kappa shape index (κ1) is 73.1. The van der Waals surface area contributed by atoms with E-state index in [0.29, 0.717) is 25.7 Å². The van der Waals surface area contributed by atoms with Gasteiger partial charge < -0.3 is 24.2 Å². The van der Waals surface area contributed by atoms with Crippen LogP contribution in [0, 0.1) is 0 Å². The molecule has 0 rings (SSSR count). The molecular weight excluding hydrogens is 1000 g/mol. The van der Waals surface area contributed by atoms with Crippen molar-refractivity contribution in [2.24, 2.45) is 0 Å². The van der Waals surface area contributed by atoms with Crippen molar-refractivity contribution in [3.05, 3.63) is 158 Å². The van der Waals surface area contributed by atoms with E-state index in [0.717, 1.165) is 135 Å². The van der Waals surface area contributed by atoms with Crippen molar-refractivity contribution >= 4 is 25.7 Å². The molecule has 3 unspecified atom stereocenters. The zero-order valence-corrected chi connectivity index (χ0v) is 49.2. The number of rotatable bonds is 52. The van der Waals surface area contributed by atoms with Gasteiger partial charge in [-0.05, 0) is 135 Å². The molecule has 0 fully saturated rings. The Morgan fingerprint density at radius 1 is 0.359 bits per heavy atom. The topological polar surface area (TPSA) is 155 Å². The lowest BCUT2D eigenvalue weighted by atomic mass is 10.1. The van der Waals surface area contributed by atoms with Crippen LogP contribution in [-0.2, 0) is 42.2 Å². The Morgan fingerprint density at radius 2 is 0.641 bits per heavy atom. The summed E-state index contributed by atoms with van der Waals surface area (Å²) >= 11 is 0. The predicted molar refractivity (Wildman–Crippen MR) is 325 cm³/mol. The van der Waals surface area contributed by atoms with Crippen LogP contribution in [0.15, 0.2) is 158 Å². The SMILES string of the molecule is CC/C=C\C/C=C\C/C=C\C/C=C\C/C=C\CCCCCC(=O)OCC(COP(=O)(O)OCC(CO)OC(=O)CCCCCCC/C=C\C/C=C\C/C=C\CC)OC(=O)CCC/C=C\C/C=C\C/C=C\C/C=C\C/C=C\CC. The summed E-state index contributed by atoms with van der Waals surface area (Å²) in [7, 11) is -4.79. The van der Waals surface area contributed by atoms with E-state index in [1.165, 1.54) is 0 Å². The van der Waals surface area contributed by atoms with Gasteiger partial charge in [-0.2, -0.15) is 0 Å². The van der Waals surface area contributed by atoms with Gasteiger partial charge in [-0.1, -0.05) is 204 Å². The molecule has 0 aromatic carbocycles. The Bertz CT molecular complexity index is 1910. The lowest BCUT2D eigenvalue weighted by Gasteiger charge is -2.21. The highest BCUT2D eigenvalue weighted by Gasteiger charge is 2.28. The highest BCUT2D eigenvalue weighted by atomic mass is 31.2. The molecule has 78 heavy (non-hydrogen) atoms. The summed E-state index contributed by atoms with van der Waals surface area (Å²) in [5.74, 6) is -1.61. The number of esters is 3. The number of phosphoric acid groups is 1. The second-order valence-electron chi connectivity index (χ2n) is 18.7. The van der Waals surface area contributed by atoms with Crippen LogP contribution in [0.5, 0.6) is 0 Å². The van der Waals surface area contributed by atoms with Crippen LogP contribution in [0.1, 0.15) is 201 Å². The first-order valence-electron chi connectivity index (χ1n) is 29.4. The summed E-state index contributed by atoms with van der Waals surface area (Å²) in [4.78, 5) is 48.6. The smallest absolute Gasteiger partial charge is 0.462 e. The van der Waals surface area contributed by atoms with Crippen LogP contribution >= 0.6 is 7.82 Å². The first-order chi connectivity index (χ1) is 38.2. The maximum Gasteiger partial charge on any atom is 0.472 e. The molecule has 0 heterocycles. The molecule has 0 amide bonds. The third kappa shape index (κ3) is 55.8.